The van der Waals surface area contributed by atoms with Gasteiger partial charge in [0.2, 0.25) is 0 Å². The number of ether oxygens (including phenoxy) is 1. The maximum atomic E-state index is 13.6. The number of hydrogen-bond acceptors (Lipinski definition) is 5. The van der Waals surface area contributed by atoms with Crippen LogP contribution in [-0.4, -0.2) is 47.5 Å². The molecule has 1 aromatic carbocycles. The Hall–Kier alpha value is -2.70. The zero-order valence-corrected chi connectivity index (χ0v) is 14.8. The van der Waals surface area contributed by atoms with Crippen molar-refractivity contribution in [1.82, 2.24) is 14.9 Å². The van der Waals surface area contributed by atoms with Crippen molar-refractivity contribution in [2.24, 2.45) is 5.92 Å². The number of amides is 1. The maximum absolute atomic E-state index is 13.6. The van der Waals surface area contributed by atoms with Crippen molar-refractivity contribution in [2.45, 2.75) is 19.3 Å². The molecule has 0 radical (unpaired) electrons. The monoisotopic (exact) mass is 358 g/mol. The van der Waals surface area contributed by atoms with Crippen molar-refractivity contribution in [3.05, 3.63) is 48.2 Å². The number of benzene rings is 1. The largest absolute Gasteiger partial charge is 0.481 e. The van der Waals surface area contributed by atoms with Gasteiger partial charge in [-0.25, -0.2) is 9.37 Å². The molecule has 2 heterocycles. The molecule has 1 N–H and O–H groups in total. The molecule has 1 aromatic heterocycles. The van der Waals surface area contributed by atoms with Gasteiger partial charge in [-0.05, 0) is 37.3 Å². The molecule has 138 valence electrons. The lowest BCUT2D eigenvalue weighted by Gasteiger charge is -2.32. The molecule has 26 heavy (non-hydrogen) atoms. The molecule has 0 bridgehead atoms. The summed E-state index contributed by atoms with van der Waals surface area (Å²) in [6.07, 6.45) is 6.08. The van der Waals surface area contributed by atoms with E-state index in [2.05, 4.69) is 15.3 Å². The van der Waals surface area contributed by atoms with Crippen molar-refractivity contribution in [2.75, 3.05) is 32.1 Å². The summed E-state index contributed by atoms with van der Waals surface area (Å²) in [7, 11) is 1.82. The van der Waals surface area contributed by atoms with Crippen LogP contribution >= 0.6 is 0 Å². The Balaban J connectivity index is 1.56. The molecule has 1 aliphatic rings. The van der Waals surface area contributed by atoms with E-state index in [0.29, 0.717) is 19.0 Å². The topological polar surface area (TPSA) is 67.4 Å². The van der Waals surface area contributed by atoms with Gasteiger partial charge in [-0.2, -0.15) is 0 Å². The number of para-hydroxylation sites is 1. The number of anilines is 1. The van der Waals surface area contributed by atoms with E-state index in [1.54, 1.807) is 29.4 Å². The van der Waals surface area contributed by atoms with Crippen LogP contribution in [0.15, 0.2) is 36.7 Å². The first-order valence-corrected chi connectivity index (χ1v) is 8.80. The third kappa shape index (κ3) is 4.47. The summed E-state index contributed by atoms with van der Waals surface area (Å²) in [4.78, 5) is 22.9. The van der Waals surface area contributed by atoms with Crippen LogP contribution in [-0.2, 0) is 11.2 Å². The quantitative estimate of drug-likeness (QED) is 0.859. The van der Waals surface area contributed by atoms with E-state index in [-0.39, 0.29) is 18.3 Å². The van der Waals surface area contributed by atoms with Crippen LogP contribution in [0.5, 0.6) is 5.75 Å². The summed E-state index contributed by atoms with van der Waals surface area (Å²) in [6, 6.07) is 6.11. The first-order chi connectivity index (χ1) is 12.7. The number of hydrogen-bond donors (Lipinski definition) is 1. The lowest BCUT2D eigenvalue weighted by molar-refractivity contribution is -0.135. The van der Waals surface area contributed by atoms with Crippen LogP contribution in [0.4, 0.5) is 10.2 Å². The zero-order valence-electron chi connectivity index (χ0n) is 14.8. The molecule has 6 nitrogen and oxygen atoms in total. The highest BCUT2D eigenvalue weighted by molar-refractivity contribution is 5.77. The van der Waals surface area contributed by atoms with E-state index in [1.807, 2.05) is 7.05 Å². The smallest absolute Gasteiger partial charge is 0.260 e. The number of carbonyl (C=O) groups is 1. The molecular formula is C19H23FN4O2. The van der Waals surface area contributed by atoms with Crippen molar-refractivity contribution >= 4 is 11.7 Å². The third-order valence-electron chi connectivity index (χ3n) is 4.55. The standard InChI is InChI=1S/C19H23FN4O2/c1-21-19-16(22-8-9-23-19)11-14-5-4-10-24(12-14)18(25)13-26-17-7-3-2-6-15(17)20/h2-3,6-9,14H,4-5,10-13H2,1H3,(H,21,23)/t14-/m0/s1. The van der Waals surface area contributed by atoms with Gasteiger partial charge < -0.3 is 15.0 Å². The highest BCUT2D eigenvalue weighted by Gasteiger charge is 2.25. The van der Waals surface area contributed by atoms with Gasteiger partial charge in [0.1, 0.15) is 5.82 Å². The minimum atomic E-state index is -0.459. The fourth-order valence-electron chi connectivity index (χ4n) is 3.25. The molecule has 7 heteroatoms. The van der Waals surface area contributed by atoms with E-state index < -0.39 is 5.82 Å². The summed E-state index contributed by atoms with van der Waals surface area (Å²) in [6.45, 7) is 1.20. The summed E-state index contributed by atoms with van der Waals surface area (Å²) < 4.78 is 18.9. The first kappa shape index (κ1) is 18.1. The highest BCUT2D eigenvalue weighted by atomic mass is 19.1. The molecule has 1 amide bonds. The fourth-order valence-corrected chi connectivity index (χ4v) is 3.25. The van der Waals surface area contributed by atoms with Crippen molar-refractivity contribution in [1.29, 1.82) is 0 Å². The fraction of sp³-hybridized carbons (Fsp3) is 0.421. The summed E-state index contributed by atoms with van der Waals surface area (Å²) in [5.74, 6) is 0.626. The van der Waals surface area contributed by atoms with E-state index in [9.17, 15) is 9.18 Å². The van der Waals surface area contributed by atoms with Gasteiger partial charge >= 0.3 is 0 Å². The average Bonchev–Trinajstić information content (AvgIpc) is 2.68. The number of halogens is 1. The molecule has 0 unspecified atom stereocenters. The predicted molar refractivity (Wildman–Crippen MR) is 96.5 cm³/mol. The number of aromatic nitrogens is 2. The minimum absolute atomic E-state index is 0.104. The van der Waals surface area contributed by atoms with Gasteiger partial charge in [0.05, 0.1) is 5.69 Å². The van der Waals surface area contributed by atoms with Crippen LogP contribution in [0.3, 0.4) is 0 Å². The normalized spacial score (nSPS) is 17.0. The van der Waals surface area contributed by atoms with Gasteiger partial charge in [0, 0.05) is 32.5 Å². The minimum Gasteiger partial charge on any atom is -0.481 e. The SMILES string of the molecule is CNc1nccnc1C[C@@H]1CCCN(C(=O)COc2ccccc2F)C1. The Bertz CT molecular complexity index is 756. The summed E-state index contributed by atoms with van der Waals surface area (Å²) >= 11 is 0. The number of carbonyl (C=O) groups excluding carboxylic acids is 1. The Morgan fingerprint density at radius 2 is 2.15 bits per heavy atom. The Morgan fingerprint density at radius 1 is 1.35 bits per heavy atom. The van der Waals surface area contributed by atoms with E-state index in [0.717, 1.165) is 30.8 Å². The van der Waals surface area contributed by atoms with Gasteiger partial charge in [-0.3, -0.25) is 9.78 Å². The van der Waals surface area contributed by atoms with E-state index >= 15 is 0 Å². The van der Waals surface area contributed by atoms with Crippen LogP contribution in [0, 0.1) is 11.7 Å². The Kier molecular flexibility index (Phi) is 5.99. The molecule has 2 aromatic rings. The second-order valence-electron chi connectivity index (χ2n) is 6.37. The van der Waals surface area contributed by atoms with Crippen LogP contribution < -0.4 is 10.1 Å². The van der Waals surface area contributed by atoms with Crippen LogP contribution in [0.1, 0.15) is 18.5 Å². The first-order valence-electron chi connectivity index (χ1n) is 8.80. The maximum Gasteiger partial charge on any atom is 0.260 e. The second kappa shape index (κ2) is 8.60. The van der Waals surface area contributed by atoms with Crippen molar-refractivity contribution in [3.8, 4) is 5.75 Å². The summed E-state index contributed by atoms with van der Waals surface area (Å²) in [5, 5.41) is 3.05. The zero-order chi connectivity index (χ0) is 18.4. The summed E-state index contributed by atoms with van der Waals surface area (Å²) in [5.41, 5.74) is 0.914. The molecule has 1 atom stereocenters. The second-order valence-corrected chi connectivity index (χ2v) is 6.37. The van der Waals surface area contributed by atoms with Crippen molar-refractivity contribution < 1.29 is 13.9 Å². The Labute approximate surface area is 152 Å². The molecule has 1 aliphatic heterocycles. The molecular weight excluding hydrogens is 335 g/mol. The Morgan fingerprint density at radius 3 is 2.96 bits per heavy atom. The molecule has 1 fully saturated rings. The van der Waals surface area contributed by atoms with Gasteiger partial charge in [-0.1, -0.05) is 12.1 Å². The lowest BCUT2D eigenvalue weighted by Crippen LogP contribution is -2.42. The molecule has 0 spiro atoms. The third-order valence-corrected chi connectivity index (χ3v) is 4.55. The van der Waals surface area contributed by atoms with Crippen LogP contribution in [0.2, 0.25) is 0 Å². The number of likely N-dealkylation sites (tertiary alicyclic amines) is 1. The van der Waals surface area contributed by atoms with Gasteiger partial charge in [0.25, 0.3) is 5.91 Å². The van der Waals surface area contributed by atoms with E-state index in [1.165, 1.54) is 12.1 Å². The number of nitrogens with one attached hydrogen (secondary N) is 1. The van der Waals surface area contributed by atoms with Crippen molar-refractivity contribution in [3.63, 3.8) is 0 Å². The number of piperidine rings is 1. The van der Waals surface area contributed by atoms with Gasteiger partial charge in [-0.15, -0.1) is 0 Å². The number of rotatable bonds is 6. The predicted octanol–water partition coefficient (Wildman–Crippen LogP) is 2.52. The average molecular weight is 358 g/mol. The lowest BCUT2D eigenvalue weighted by atomic mass is 9.93. The van der Waals surface area contributed by atoms with Crippen LogP contribution in [0.25, 0.3) is 0 Å². The van der Waals surface area contributed by atoms with E-state index in [4.69, 9.17) is 4.74 Å². The molecule has 3 rings (SSSR count). The molecule has 0 saturated carbocycles. The molecule has 0 aliphatic carbocycles. The number of nitrogens with zero attached hydrogens (tertiary/aromatic N) is 3. The molecule has 1 saturated heterocycles. The highest BCUT2D eigenvalue weighted by Crippen LogP contribution is 2.23. The van der Waals surface area contributed by atoms with Gasteiger partial charge in [0.15, 0.2) is 18.2 Å².